The Bertz CT molecular complexity index is 431. The van der Waals surface area contributed by atoms with Gasteiger partial charge in [0.05, 0.1) is 25.8 Å². The van der Waals surface area contributed by atoms with Crippen LogP contribution in [-0.4, -0.2) is 34.4 Å². The quantitative estimate of drug-likeness (QED) is 0.927. The Morgan fingerprint density at radius 1 is 1.17 bits per heavy atom. The first-order valence-corrected chi connectivity index (χ1v) is 6.71. The van der Waals surface area contributed by atoms with Gasteiger partial charge in [-0.15, -0.1) is 0 Å². The van der Waals surface area contributed by atoms with E-state index in [1.165, 1.54) is 0 Å². The van der Waals surface area contributed by atoms with Crippen molar-refractivity contribution < 1.29 is 14.2 Å². The summed E-state index contributed by atoms with van der Waals surface area (Å²) in [6.45, 7) is 2.00. The lowest BCUT2D eigenvalue weighted by molar-refractivity contribution is 0.344. The number of hydrogen-bond acceptors (Lipinski definition) is 4. The molecule has 1 aromatic carbocycles. The third-order valence-electron chi connectivity index (χ3n) is 3.30. The number of halogens is 1. The van der Waals surface area contributed by atoms with Crippen LogP contribution >= 0.6 is 15.9 Å². The molecule has 0 aliphatic carbocycles. The van der Waals surface area contributed by atoms with E-state index in [9.17, 15) is 0 Å². The summed E-state index contributed by atoms with van der Waals surface area (Å²) < 4.78 is 17.2. The van der Waals surface area contributed by atoms with Crippen LogP contribution < -0.4 is 19.5 Å². The van der Waals surface area contributed by atoms with E-state index < -0.39 is 0 Å². The predicted molar refractivity (Wildman–Crippen MR) is 74.0 cm³/mol. The normalized spacial score (nSPS) is 18.8. The van der Waals surface area contributed by atoms with Crippen LogP contribution in [0.1, 0.15) is 17.9 Å². The molecule has 0 bridgehead atoms. The molecule has 5 heteroatoms. The van der Waals surface area contributed by atoms with Gasteiger partial charge in [0.25, 0.3) is 0 Å². The summed E-state index contributed by atoms with van der Waals surface area (Å²) in [5.41, 5.74) is 1.15. The van der Waals surface area contributed by atoms with Crippen molar-refractivity contribution in [3.05, 3.63) is 16.1 Å². The summed E-state index contributed by atoms with van der Waals surface area (Å²) in [4.78, 5) is 0. The van der Waals surface area contributed by atoms with E-state index in [0.717, 1.165) is 41.0 Å². The zero-order valence-electron chi connectivity index (χ0n) is 10.9. The van der Waals surface area contributed by atoms with Crippen molar-refractivity contribution in [1.29, 1.82) is 0 Å². The van der Waals surface area contributed by atoms with Gasteiger partial charge in [-0.25, -0.2) is 0 Å². The second kappa shape index (κ2) is 5.80. The van der Waals surface area contributed by atoms with Crippen LogP contribution in [0.25, 0.3) is 0 Å². The number of benzene rings is 1. The molecule has 1 unspecified atom stereocenters. The summed E-state index contributed by atoms with van der Waals surface area (Å²) in [5, 5.41) is 3.37. The van der Waals surface area contributed by atoms with Crippen molar-refractivity contribution in [2.75, 3.05) is 34.4 Å². The first kappa shape index (κ1) is 13.5. The minimum Gasteiger partial charge on any atom is -0.496 e. The minimum absolute atomic E-state index is 0.439. The van der Waals surface area contributed by atoms with E-state index >= 15 is 0 Å². The summed E-state index contributed by atoms with van der Waals surface area (Å²) in [6.07, 6.45) is 1.10. The average Bonchev–Trinajstić information content (AvgIpc) is 2.90. The Labute approximate surface area is 116 Å². The highest BCUT2D eigenvalue weighted by molar-refractivity contribution is 9.10. The molecular formula is C13H18BrNO3. The van der Waals surface area contributed by atoms with Crippen molar-refractivity contribution in [3.8, 4) is 17.2 Å². The van der Waals surface area contributed by atoms with Gasteiger partial charge in [0.2, 0.25) is 0 Å². The minimum atomic E-state index is 0.439. The maximum Gasteiger partial charge on any atom is 0.175 e. The second-order valence-electron chi connectivity index (χ2n) is 4.23. The highest BCUT2D eigenvalue weighted by Crippen LogP contribution is 2.47. The second-order valence-corrected chi connectivity index (χ2v) is 5.02. The molecule has 0 aromatic heterocycles. The Morgan fingerprint density at radius 2 is 1.89 bits per heavy atom. The fourth-order valence-electron chi connectivity index (χ4n) is 2.39. The van der Waals surface area contributed by atoms with Crippen molar-refractivity contribution in [1.82, 2.24) is 5.32 Å². The Kier molecular flexibility index (Phi) is 4.35. The first-order chi connectivity index (χ1) is 8.72. The summed E-state index contributed by atoms with van der Waals surface area (Å²) >= 11 is 3.62. The number of methoxy groups -OCH3 is 3. The first-order valence-electron chi connectivity index (χ1n) is 5.92. The third kappa shape index (κ3) is 2.29. The number of hydrogen-bond donors (Lipinski definition) is 1. The predicted octanol–water partition coefficient (Wildman–Crippen LogP) is 2.55. The molecule has 4 nitrogen and oxygen atoms in total. The number of rotatable bonds is 4. The van der Waals surface area contributed by atoms with Crippen LogP contribution in [0.3, 0.4) is 0 Å². The van der Waals surface area contributed by atoms with Crippen LogP contribution in [0.2, 0.25) is 0 Å². The zero-order valence-corrected chi connectivity index (χ0v) is 12.5. The van der Waals surface area contributed by atoms with Gasteiger partial charge >= 0.3 is 0 Å². The summed E-state index contributed by atoms with van der Waals surface area (Å²) in [5.74, 6) is 2.68. The molecular weight excluding hydrogens is 298 g/mol. The molecule has 1 aliphatic rings. The molecule has 18 heavy (non-hydrogen) atoms. The molecule has 0 spiro atoms. The van der Waals surface area contributed by atoms with Crippen molar-refractivity contribution in [2.24, 2.45) is 0 Å². The monoisotopic (exact) mass is 315 g/mol. The standard InChI is InChI=1S/C13H18BrNO3/c1-16-9-6-10(17-2)13(18-3)12(14)11(9)8-4-5-15-7-8/h6,8,15H,4-5,7H2,1-3H3. The van der Waals surface area contributed by atoms with Crippen molar-refractivity contribution >= 4 is 15.9 Å². The van der Waals surface area contributed by atoms with E-state index in [-0.39, 0.29) is 0 Å². The number of nitrogens with one attached hydrogen (secondary N) is 1. The van der Waals surface area contributed by atoms with E-state index in [1.807, 2.05) is 6.07 Å². The molecule has 1 N–H and O–H groups in total. The lowest BCUT2D eigenvalue weighted by atomic mass is 9.96. The van der Waals surface area contributed by atoms with Crippen LogP contribution in [0, 0.1) is 0 Å². The number of ether oxygens (including phenoxy) is 3. The largest absolute Gasteiger partial charge is 0.496 e. The van der Waals surface area contributed by atoms with Gasteiger partial charge in [0.15, 0.2) is 11.5 Å². The van der Waals surface area contributed by atoms with Gasteiger partial charge in [0, 0.05) is 24.1 Å². The zero-order chi connectivity index (χ0) is 13.1. The van der Waals surface area contributed by atoms with E-state index in [4.69, 9.17) is 14.2 Å². The van der Waals surface area contributed by atoms with E-state index in [0.29, 0.717) is 11.7 Å². The van der Waals surface area contributed by atoms with Crippen LogP contribution in [0.5, 0.6) is 17.2 Å². The molecule has 1 saturated heterocycles. The molecule has 1 fully saturated rings. The highest BCUT2D eigenvalue weighted by Gasteiger charge is 2.27. The highest BCUT2D eigenvalue weighted by atomic mass is 79.9. The molecule has 0 radical (unpaired) electrons. The maximum atomic E-state index is 5.49. The topological polar surface area (TPSA) is 39.7 Å². The Hall–Kier alpha value is -0.940. The molecule has 1 heterocycles. The molecule has 0 amide bonds. The van der Waals surface area contributed by atoms with Crippen LogP contribution in [0.4, 0.5) is 0 Å². The van der Waals surface area contributed by atoms with E-state index in [1.54, 1.807) is 21.3 Å². The fraction of sp³-hybridized carbons (Fsp3) is 0.538. The van der Waals surface area contributed by atoms with Gasteiger partial charge < -0.3 is 19.5 Å². The molecule has 1 aliphatic heterocycles. The molecule has 100 valence electrons. The van der Waals surface area contributed by atoms with Crippen LogP contribution in [-0.2, 0) is 0 Å². The van der Waals surface area contributed by atoms with Crippen molar-refractivity contribution in [2.45, 2.75) is 12.3 Å². The lowest BCUT2D eigenvalue weighted by Crippen LogP contribution is -2.10. The van der Waals surface area contributed by atoms with Gasteiger partial charge in [-0.05, 0) is 28.9 Å². The van der Waals surface area contributed by atoms with Crippen LogP contribution in [0.15, 0.2) is 10.5 Å². The molecule has 1 atom stereocenters. The molecule has 0 saturated carbocycles. The average molecular weight is 316 g/mol. The fourth-order valence-corrected chi connectivity index (χ4v) is 3.27. The smallest absolute Gasteiger partial charge is 0.175 e. The van der Waals surface area contributed by atoms with E-state index in [2.05, 4.69) is 21.2 Å². The van der Waals surface area contributed by atoms with Gasteiger partial charge in [0.1, 0.15) is 5.75 Å². The summed E-state index contributed by atoms with van der Waals surface area (Å²) in [7, 11) is 4.95. The van der Waals surface area contributed by atoms with Crippen molar-refractivity contribution in [3.63, 3.8) is 0 Å². The molecule has 2 rings (SSSR count). The Balaban J connectivity index is 2.54. The Morgan fingerprint density at radius 3 is 2.39 bits per heavy atom. The lowest BCUT2D eigenvalue weighted by Gasteiger charge is -2.20. The third-order valence-corrected chi connectivity index (χ3v) is 4.09. The van der Waals surface area contributed by atoms with Gasteiger partial charge in [-0.2, -0.15) is 0 Å². The van der Waals surface area contributed by atoms with Gasteiger partial charge in [-0.3, -0.25) is 0 Å². The maximum absolute atomic E-state index is 5.49. The SMILES string of the molecule is COc1cc(OC)c(C2CCNC2)c(Br)c1OC. The summed E-state index contributed by atoms with van der Waals surface area (Å²) in [6, 6.07) is 1.89. The van der Waals surface area contributed by atoms with Gasteiger partial charge in [-0.1, -0.05) is 0 Å². The molecule has 1 aromatic rings.